The highest BCUT2D eigenvalue weighted by molar-refractivity contribution is 7.99. The van der Waals surface area contributed by atoms with Crippen molar-refractivity contribution in [1.29, 1.82) is 0 Å². The number of benzene rings is 2. The third-order valence-electron chi connectivity index (χ3n) is 3.63. The third-order valence-corrected chi connectivity index (χ3v) is 5.15. The van der Waals surface area contributed by atoms with E-state index in [0.29, 0.717) is 21.7 Å². The second-order valence-electron chi connectivity index (χ2n) is 5.50. The van der Waals surface area contributed by atoms with Crippen LogP contribution in [0.25, 0.3) is 5.69 Å². The first kappa shape index (κ1) is 18.8. The molecule has 0 unspecified atom stereocenters. The maximum Gasteiger partial charge on any atom is 0.230 e. The smallest absolute Gasteiger partial charge is 0.230 e. The van der Waals surface area contributed by atoms with Crippen molar-refractivity contribution in [2.24, 2.45) is 0 Å². The number of hydrogen-bond donors (Lipinski definition) is 1. The molecule has 0 spiro atoms. The number of aromatic nitrogens is 3. The molecule has 1 N–H and O–H groups in total. The molecule has 3 rings (SSSR count). The van der Waals surface area contributed by atoms with E-state index in [0.717, 1.165) is 17.1 Å². The monoisotopic (exact) mass is 406 g/mol. The zero-order valence-electron chi connectivity index (χ0n) is 13.9. The molecule has 0 atom stereocenters. The van der Waals surface area contributed by atoms with Crippen LogP contribution in [0.5, 0.6) is 0 Å². The fraction of sp³-hybridized carbons (Fsp3) is 0.167. The summed E-state index contributed by atoms with van der Waals surface area (Å²) in [5.74, 6) is 0.893. The number of carbonyl (C=O) groups excluding carboxylic acids is 1. The van der Waals surface area contributed by atoms with Crippen molar-refractivity contribution in [3.8, 4) is 5.69 Å². The van der Waals surface area contributed by atoms with Gasteiger partial charge in [0.25, 0.3) is 0 Å². The number of rotatable bonds is 6. The SMILES string of the molecule is Cc1nnc(SCC(=O)NCc2ccc(Cl)cc2Cl)n1-c1ccccc1. The van der Waals surface area contributed by atoms with Crippen LogP contribution in [-0.4, -0.2) is 26.4 Å². The van der Waals surface area contributed by atoms with Crippen LogP contribution in [0.1, 0.15) is 11.4 Å². The molecule has 0 radical (unpaired) electrons. The minimum atomic E-state index is -0.110. The molecule has 2 aromatic carbocycles. The van der Waals surface area contributed by atoms with Gasteiger partial charge in [-0.3, -0.25) is 9.36 Å². The largest absolute Gasteiger partial charge is 0.351 e. The number of carbonyl (C=O) groups is 1. The predicted molar refractivity (Wildman–Crippen MR) is 105 cm³/mol. The van der Waals surface area contributed by atoms with Crippen LogP contribution in [0.4, 0.5) is 0 Å². The van der Waals surface area contributed by atoms with Crippen molar-refractivity contribution >= 4 is 40.9 Å². The number of para-hydroxylation sites is 1. The summed E-state index contributed by atoms with van der Waals surface area (Å²) < 4.78 is 1.92. The van der Waals surface area contributed by atoms with E-state index in [1.54, 1.807) is 18.2 Å². The summed E-state index contributed by atoms with van der Waals surface area (Å²) in [5, 5.41) is 12.9. The minimum absolute atomic E-state index is 0.110. The molecule has 26 heavy (non-hydrogen) atoms. The van der Waals surface area contributed by atoms with Crippen LogP contribution in [0.3, 0.4) is 0 Å². The molecule has 3 aromatic rings. The van der Waals surface area contributed by atoms with Crippen molar-refractivity contribution < 1.29 is 4.79 Å². The lowest BCUT2D eigenvalue weighted by atomic mass is 10.2. The van der Waals surface area contributed by atoms with E-state index in [1.807, 2.05) is 41.8 Å². The normalized spacial score (nSPS) is 10.7. The van der Waals surface area contributed by atoms with Gasteiger partial charge in [0.05, 0.1) is 5.75 Å². The van der Waals surface area contributed by atoms with Crippen LogP contribution in [-0.2, 0) is 11.3 Å². The average molecular weight is 407 g/mol. The molecule has 1 amide bonds. The summed E-state index contributed by atoms with van der Waals surface area (Å²) in [6.07, 6.45) is 0. The highest BCUT2D eigenvalue weighted by atomic mass is 35.5. The van der Waals surface area contributed by atoms with E-state index in [4.69, 9.17) is 23.2 Å². The Hall–Kier alpha value is -2.02. The Morgan fingerprint density at radius 2 is 1.92 bits per heavy atom. The van der Waals surface area contributed by atoms with Crippen molar-refractivity contribution in [2.75, 3.05) is 5.75 Å². The molecule has 0 aliphatic carbocycles. The Morgan fingerprint density at radius 3 is 2.65 bits per heavy atom. The van der Waals surface area contributed by atoms with Crippen LogP contribution >= 0.6 is 35.0 Å². The Labute approximate surface area is 165 Å². The van der Waals surface area contributed by atoms with E-state index in [9.17, 15) is 4.79 Å². The molecule has 0 fully saturated rings. The van der Waals surface area contributed by atoms with E-state index in [2.05, 4.69) is 15.5 Å². The van der Waals surface area contributed by atoms with Crippen molar-refractivity contribution in [2.45, 2.75) is 18.6 Å². The molecular weight excluding hydrogens is 391 g/mol. The van der Waals surface area contributed by atoms with E-state index in [-0.39, 0.29) is 11.7 Å². The zero-order valence-corrected chi connectivity index (χ0v) is 16.3. The van der Waals surface area contributed by atoms with Gasteiger partial charge in [-0.2, -0.15) is 0 Å². The van der Waals surface area contributed by atoms with Crippen LogP contribution in [0, 0.1) is 6.92 Å². The topological polar surface area (TPSA) is 59.8 Å². The zero-order chi connectivity index (χ0) is 18.5. The van der Waals surface area contributed by atoms with Crippen molar-refractivity contribution in [3.05, 3.63) is 70.0 Å². The van der Waals surface area contributed by atoms with Crippen LogP contribution < -0.4 is 5.32 Å². The van der Waals surface area contributed by atoms with Gasteiger partial charge in [0, 0.05) is 22.3 Å². The molecular formula is C18H16Cl2N4OS. The molecule has 0 bridgehead atoms. The Morgan fingerprint density at radius 1 is 1.15 bits per heavy atom. The number of nitrogens with zero attached hydrogens (tertiary/aromatic N) is 3. The lowest BCUT2D eigenvalue weighted by Crippen LogP contribution is -2.24. The highest BCUT2D eigenvalue weighted by Gasteiger charge is 2.13. The summed E-state index contributed by atoms with van der Waals surface area (Å²) >= 11 is 13.3. The summed E-state index contributed by atoms with van der Waals surface area (Å²) in [7, 11) is 0. The fourth-order valence-electron chi connectivity index (χ4n) is 2.35. The molecule has 0 aliphatic rings. The van der Waals surface area contributed by atoms with E-state index < -0.39 is 0 Å². The molecule has 5 nitrogen and oxygen atoms in total. The first-order valence-corrected chi connectivity index (χ1v) is 9.59. The lowest BCUT2D eigenvalue weighted by molar-refractivity contribution is -0.118. The highest BCUT2D eigenvalue weighted by Crippen LogP contribution is 2.22. The molecule has 0 saturated carbocycles. The molecule has 0 aliphatic heterocycles. The van der Waals surface area contributed by atoms with Gasteiger partial charge in [0.15, 0.2) is 5.16 Å². The van der Waals surface area contributed by atoms with Gasteiger partial charge < -0.3 is 5.32 Å². The van der Waals surface area contributed by atoms with Gasteiger partial charge in [-0.25, -0.2) is 0 Å². The second kappa shape index (κ2) is 8.58. The standard InChI is InChI=1S/C18H16Cl2N4OS/c1-12-22-23-18(24(12)15-5-3-2-4-6-15)26-11-17(25)21-10-13-7-8-14(19)9-16(13)20/h2-9H,10-11H2,1H3,(H,21,25). The second-order valence-corrected chi connectivity index (χ2v) is 7.29. The summed E-state index contributed by atoms with van der Waals surface area (Å²) in [6.45, 7) is 2.23. The summed E-state index contributed by atoms with van der Waals surface area (Å²) in [4.78, 5) is 12.2. The Balaban J connectivity index is 1.60. The first-order chi connectivity index (χ1) is 12.5. The van der Waals surface area contributed by atoms with Gasteiger partial charge in [-0.05, 0) is 36.8 Å². The third kappa shape index (κ3) is 4.58. The van der Waals surface area contributed by atoms with E-state index in [1.165, 1.54) is 11.8 Å². The number of nitrogens with one attached hydrogen (secondary N) is 1. The van der Waals surface area contributed by atoms with E-state index >= 15 is 0 Å². The maximum atomic E-state index is 12.2. The Bertz CT molecular complexity index is 915. The molecule has 1 heterocycles. The molecule has 0 saturated heterocycles. The number of hydrogen-bond acceptors (Lipinski definition) is 4. The molecule has 8 heteroatoms. The van der Waals surface area contributed by atoms with Crippen molar-refractivity contribution in [3.63, 3.8) is 0 Å². The lowest BCUT2D eigenvalue weighted by Gasteiger charge is -2.09. The molecule has 134 valence electrons. The number of aryl methyl sites for hydroxylation is 1. The molecule has 1 aromatic heterocycles. The summed E-state index contributed by atoms with van der Waals surface area (Å²) in [6, 6.07) is 15.0. The Kier molecular flexibility index (Phi) is 6.19. The van der Waals surface area contributed by atoms with Crippen molar-refractivity contribution in [1.82, 2.24) is 20.1 Å². The average Bonchev–Trinajstić information content (AvgIpc) is 3.00. The number of halogens is 2. The quantitative estimate of drug-likeness (QED) is 0.620. The fourth-order valence-corrected chi connectivity index (χ4v) is 3.65. The first-order valence-electron chi connectivity index (χ1n) is 7.85. The van der Waals surface area contributed by atoms with Gasteiger partial charge in [0.2, 0.25) is 5.91 Å². The van der Waals surface area contributed by atoms with Gasteiger partial charge >= 0.3 is 0 Å². The predicted octanol–water partition coefficient (Wildman–Crippen LogP) is 4.29. The van der Waals surface area contributed by atoms with Gasteiger partial charge in [0.1, 0.15) is 5.82 Å². The minimum Gasteiger partial charge on any atom is -0.351 e. The number of amides is 1. The maximum absolute atomic E-state index is 12.2. The van der Waals surface area contributed by atoms with Gasteiger partial charge in [-0.15, -0.1) is 10.2 Å². The van der Waals surface area contributed by atoms with Crippen LogP contribution in [0.15, 0.2) is 53.7 Å². The van der Waals surface area contributed by atoms with Crippen LogP contribution in [0.2, 0.25) is 10.0 Å². The number of thioether (sulfide) groups is 1. The van der Waals surface area contributed by atoms with Gasteiger partial charge in [-0.1, -0.05) is 59.2 Å². The summed E-state index contributed by atoms with van der Waals surface area (Å²) in [5.41, 5.74) is 1.78.